The Bertz CT molecular complexity index is 739. The number of likely N-dealkylation sites (N-methyl/N-ethyl adjacent to an activating group) is 1. The van der Waals surface area contributed by atoms with Gasteiger partial charge in [-0.1, -0.05) is 25.1 Å². The molecule has 0 saturated carbocycles. The number of hydrogen-bond acceptors (Lipinski definition) is 2. The largest absolute Gasteiger partial charge is 0.361 e. The van der Waals surface area contributed by atoms with Crippen molar-refractivity contribution in [3.63, 3.8) is 0 Å². The predicted molar refractivity (Wildman–Crippen MR) is 119 cm³/mol. The number of aryl methyl sites for hydroxylation is 1. The van der Waals surface area contributed by atoms with Crippen molar-refractivity contribution in [3.05, 3.63) is 35.5 Å². The third-order valence-corrected chi connectivity index (χ3v) is 4.11. The van der Waals surface area contributed by atoms with Gasteiger partial charge in [-0.25, -0.2) is 4.99 Å². The van der Waals surface area contributed by atoms with E-state index in [4.69, 9.17) is 0 Å². The zero-order valence-corrected chi connectivity index (χ0v) is 18.4. The van der Waals surface area contributed by atoms with Gasteiger partial charge in [0.25, 0.3) is 0 Å². The molecule has 1 aromatic carbocycles. The third kappa shape index (κ3) is 6.19. The van der Waals surface area contributed by atoms with Crippen LogP contribution in [-0.4, -0.2) is 55.5 Å². The molecule has 2 rings (SSSR count). The van der Waals surface area contributed by atoms with Crippen LogP contribution in [0.3, 0.4) is 0 Å². The van der Waals surface area contributed by atoms with Gasteiger partial charge < -0.3 is 20.5 Å². The van der Waals surface area contributed by atoms with Crippen molar-refractivity contribution in [3.8, 4) is 0 Å². The van der Waals surface area contributed by atoms with Gasteiger partial charge in [-0.2, -0.15) is 0 Å². The molecule has 1 amide bonds. The molecule has 0 bridgehead atoms. The van der Waals surface area contributed by atoms with Gasteiger partial charge >= 0.3 is 0 Å². The number of para-hydroxylation sites is 1. The molecule has 0 spiro atoms. The molecule has 0 unspecified atom stereocenters. The first-order chi connectivity index (χ1) is 12.0. The molecule has 144 valence electrons. The van der Waals surface area contributed by atoms with Crippen LogP contribution in [0.1, 0.15) is 24.5 Å². The van der Waals surface area contributed by atoms with Crippen LogP contribution >= 0.6 is 24.0 Å². The van der Waals surface area contributed by atoms with E-state index in [1.54, 1.807) is 19.0 Å². The van der Waals surface area contributed by atoms with E-state index < -0.39 is 0 Å². The number of guanidine groups is 1. The average Bonchev–Trinajstić information content (AvgIpc) is 3.01. The maximum absolute atomic E-state index is 11.7. The number of amides is 1. The highest BCUT2D eigenvalue weighted by molar-refractivity contribution is 14.0. The summed E-state index contributed by atoms with van der Waals surface area (Å²) in [5, 5.41) is 7.84. The number of carbonyl (C=O) groups is 1. The topological polar surface area (TPSA) is 72.5 Å². The van der Waals surface area contributed by atoms with Crippen LogP contribution < -0.4 is 10.6 Å². The van der Waals surface area contributed by atoms with Crippen LogP contribution in [0.5, 0.6) is 0 Å². The Kier molecular flexibility index (Phi) is 9.47. The number of fused-ring (bicyclic) bond motifs is 1. The number of nitrogens with one attached hydrogen (secondary N) is 3. The monoisotopic (exact) mass is 471 g/mol. The quantitative estimate of drug-likeness (QED) is 0.331. The maximum Gasteiger partial charge on any atom is 0.243 e. The molecule has 0 aliphatic heterocycles. The highest BCUT2D eigenvalue weighted by atomic mass is 127. The Morgan fingerprint density at radius 3 is 2.65 bits per heavy atom. The number of carbonyl (C=O) groups excluding carboxylic acids is 1. The number of aromatic nitrogens is 1. The van der Waals surface area contributed by atoms with Crippen LogP contribution in [0, 0.1) is 6.92 Å². The van der Waals surface area contributed by atoms with E-state index in [9.17, 15) is 4.79 Å². The minimum absolute atomic E-state index is 0. The number of benzene rings is 1. The number of rotatable bonds is 7. The van der Waals surface area contributed by atoms with Gasteiger partial charge in [0, 0.05) is 44.3 Å². The Morgan fingerprint density at radius 1 is 1.23 bits per heavy atom. The first-order valence-electron chi connectivity index (χ1n) is 8.80. The molecule has 0 radical (unpaired) electrons. The van der Waals surface area contributed by atoms with Gasteiger partial charge in [-0.05, 0) is 30.9 Å². The summed E-state index contributed by atoms with van der Waals surface area (Å²) in [5.74, 6) is 0.678. The minimum Gasteiger partial charge on any atom is -0.361 e. The summed E-state index contributed by atoms with van der Waals surface area (Å²) in [6.45, 7) is 5.95. The number of hydrogen-bond donors (Lipinski definition) is 3. The van der Waals surface area contributed by atoms with Crippen LogP contribution in [-0.2, 0) is 11.2 Å². The second-order valence-corrected chi connectivity index (χ2v) is 6.37. The fraction of sp³-hybridized carbons (Fsp3) is 0.474. The van der Waals surface area contributed by atoms with Crippen molar-refractivity contribution in [2.45, 2.75) is 26.7 Å². The molecule has 26 heavy (non-hydrogen) atoms. The van der Waals surface area contributed by atoms with E-state index >= 15 is 0 Å². The molecule has 3 N–H and O–H groups in total. The second kappa shape index (κ2) is 11.1. The molecule has 0 atom stereocenters. The van der Waals surface area contributed by atoms with E-state index in [0.29, 0.717) is 5.96 Å². The minimum atomic E-state index is -0.00953. The molecule has 1 aromatic heterocycles. The van der Waals surface area contributed by atoms with Crippen molar-refractivity contribution >= 4 is 46.7 Å². The molecular formula is C19H30IN5O. The van der Waals surface area contributed by atoms with E-state index in [2.05, 4.69) is 58.9 Å². The molecule has 7 heteroatoms. The molecule has 0 aliphatic rings. The lowest BCUT2D eigenvalue weighted by molar-refractivity contribution is -0.127. The summed E-state index contributed by atoms with van der Waals surface area (Å²) in [4.78, 5) is 21.0. The van der Waals surface area contributed by atoms with E-state index in [-0.39, 0.29) is 36.4 Å². The normalized spacial score (nSPS) is 11.2. The predicted octanol–water partition coefficient (Wildman–Crippen LogP) is 2.67. The smallest absolute Gasteiger partial charge is 0.243 e. The van der Waals surface area contributed by atoms with Crippen molar-refractivity contribution in [1.82, 2.24) is 20.5 Å². The van der Waals surface area contributed by atoms with Crippen LogP contribution in [0.2, 0.25) is 0 Å². The molecule has 0 saturated heterocycles. The zero-order valence-electron chi connectivity index (χ0n) is 16.1. The molecule has 0 aliphatic carbocycles. The number of nitrogens with zero attached hydrogens (tertiary/aromatic N) is 2. The number of aromatic amines is 1. The Labute approximate surface area is 172 Å². The standard InChI is InChI=1S/C19H29N5O.HI/c1-5-10-20-19(23-13-17(25)24(3)4)21-11-9-15-12-22-18-14(2)7-6-8-16(15)18;/h6-8,12,22H,5,9-11,13H2,1-4H3,(H2,20,21,23);1H. The van der Waals surface area contributed by atoms with E-state index in [1.807, 2.05) is 0 Å². The fourth-order valence-corrected chi connectivity index (χ4v) is 2.59. The molecule has 2 aromatic rings. The van der Waals surface area contributed by atoms with E-state index in [1.165, 1.54) is 22.0 Å². The van der Waals surface area contributed by atoms with Gasteiger partial charge in [0.1, 0.15) is 6.54 Å². The van der Waals surface area contributed by atoms with Crippen LogP contribution in [0.15, 0.2) is 29.4 Å². The Hall–Kier alpha value is -1.77. The molecule has 6 nitrogen and oxygen atoms in total. The van der Waals surface area contributed by atoms with Gasteiger partial charge in [-0.3, -0.25) is 4.79 Å². The summed E-state index contributed by atoms with van der Waals surface area (Å²) in [5.41, 5.74) is 3.74. The fourth-order valence-electron chi connectivity index (χ4n) is 2.59. The summed E-state index contributed by atoms with van der Waals surface area (Å²) < 4.78 is 0. The summed E-state index contributed by atoms with van der Waals surface area (Å²) >= 11 is 0. The zero-order chi connectivity index (χ0) is 18.2. The van der Waals surface area contributed by atoms with Gasteiger partial charge in [0.05, 0.1) is 0 Å². The van der Waals surface area contributed by atoms with Crippen molar-refractivity contribution in [2.75, 3.05) is 33.7 Å². The molecule has 0 fully saturated rings. The third-order valence-electron chi connectivity index (χ3n) is 4.11. The first kappa shape index (κ1) is 22.3. The van der Waals surface area contributed by atoms with Gasteiger partial charge in [-0.15, -0.1) is 24.0 Å². The SMILES string of the molecule is CCCNC(=NCC(=O)N(C)C)NCCc1c[nH]c2c(C)cccc12.I. The molecule has 1 heterocycles. The highest BCUT2D eigenvalue weighted by Gasteiger charge is 2.07. The lowest BCUT2D eigenvalue weighted by Gasteiger charge is -2.13. The highest BCUT2D eigenvalue weighted by Crippen LogP contribution is 2.21. The van der Waals surface area contributed by atoms with Crippen LogP contribution in [0.4, 0.5) is 0 Å². The van der Waals surface area contributed by atoms with Gasteiger partial charge in [0.2, 0.25) is 5.91 Å². The van der Waals surface area contributed by atoms with Crippen molar-refractivity contribution in [2.24, 2.45) is 4.99 Å². The number of H-pyrrole nitrogens is 1. The molecular weight excluding hydrogens is 441 g/mol. The average molecular weight is 471 g/mol. The lowest BCUT2D eigenvalue weighted by Crippen LogP contribution is -2.39. The lowest BCUT2D eigenvalue weighted by atomic mass is 10.1. The van der Waals surface area contributed by atoms with Crippen LogP contribution in [0.25, 0.3) is 10.9 Å². The Balaban J connectivity index is 0.00000338. The second-order valence-electron chi connectivity index (χ2n) is 6.37. The van der Waals surface area contributed by atoms with Gasteiger partial charge in [0.15, 0.2) is 5.96 Å². The van der Waals surface area contributed by atoms with Crippen molar-refractivity contribution in [1.29, 1.82) is 0 Å². The summed E-state index contributed by atoms with van der Waals surface area (Å²) in [6.07, 6.45) is 3.97. The van der Waals surface area contributed by atoms with Crippen molar-refractivity contribution < 1.29 is 4.79 Å². The first-order valence-corrected chi connectivity index (χ1v) is 8.80. The number of halogens is 1. The summed E-state index contributed by atoms with van der Waals surface area (Å²) in [6, 6.07) is 6.35. The van der Waals surface area contributed by atoms with E-state index in [0.717, 1.165) is 25.9 Å². The number of aliphatic imine (C=N–C) groups is 1. The maximum atomic E-state index is 11.7. The summed E-state index contributed by atoms with van der Waals surface area (Å²) in [7, 11) is 3.48. The Morgan fingerprint density at radius 2 is 1.96 bits per heavy atom.